The molecule has 0 spiro atoms. The highest BCUT2D eigenvalue weighted by molar-refractivity contribution is 5.26. The van der Waals surface area contributed by atoms with Crippen LogP contribution in [-0.4, -0.2) is 16.6 Å². The number of imidazole rings is 1. The second kappa shape index (κ2) is 5.31. The number of nitrogens with one attached hydrogen (secondary N) is 1. The molecule has 1 N–H and O–H groups in total. The van der Waals surface area contributed by atoms with Crippen LogP contribution in [0.1, 0.15) is 23.0 Å². The molecule has 0 saturated carbocycles. The van der Waals surface area contributed by atoms with Crippen molar-refractivity contribution in [3.05, 3.63) is 53.4 Å². The number of nitrogens with zero attached hydrogens (tertiary/aromatic N) is 2. The van der Waals surface area contributed by atoms with E-state index in [0.29, 0.717) is 12.0 Å². The second-order valence-corrected chi connectivity index (χ2v) is 4.52. The molecule has 1 aromatic heterocycles. The summed E-state index contributed by atoms with van der Waals surface area (Å²) in [7, 11) is 3.79. The van der Waals surface area contributed by atoms with E-state index in [9.17, 15) is 4.39 Å². The molecule has 0 aliphatic rings. The normalized spacial score (nSPS) is 12.7. The molecular formula is C14H18FN3. The zero-order valence-electron chi connectivity index (χ0n) is 10.9. The van der Waals surface area contributed by atoms with Gasteiger partial charge in [-0.05, 0) is 25.6 Å². The van der Waals surface area contributed by atoms with E-state index in [1.54, 1.807) is 12.3 Å². The van der Waals surface area contributed by atoms with E-state index in [2.05, 4.69) is 10.3 Å². The van der Waals surface area contributed by atoms with E-state index < -0.39 is 0 Å². The molecule has 1 unspecified atom stereocenters. The molecule has 0 aliphatic heterocycles. The van der Waals surface area contributed by atoms with Crippen LogP contribution in [0.3, 0.4) is 0 Å². The predicted octanol–water partition coefficient (Wildman–Crippen LogP) is 2.37. The quantitative estimate of drug-likeness (QED) is 0.899. The lowest BCUT2D eigenvalue weighted by molar-refractivity contribution is 0.519. The van der Waals surface area contributed by atoms with Gasteiger partial charge in [0, 0.05) is 37.5 Å². The molecule has 1 atom stereocenters. The number of hydrogen-bond acceptors (Lipinski definition) is 2. The van der Waals surface area contributed by atoms with Gasteiger partial charge in [0.1, 0.15) is 11.6 Å². The van der Waals surface area contributed by atoms with Crippen LogP contribution in [0.15, 0.2) is 30.6 Å². The minimum atomic E-state index is -0.163. The van der Waals surface area contributed by atoms with Crippen LogP contribution in [0.5, 0.6) is 0 Å². The third-order valence-electron chi connectivity index (χ3n) is 3.19. The number of benzene rings is 1. The van der Waals surface area contributed by atoms with Crippen molar-refractivity contribution in [2.24, 2.45) is 7.05 Å². The molecule has 2 rings (SSSR count). The highest BCUT2D eigenvalue weighted by atomic mass is 19.1. The van der Waals surface area contributed by atoms with Crippen molar-refractivity contribution in [2.45, 2.75) is 19.4 Å². The van der Waals surface area contributed by atoms with Gasteiger partial charge in [-0.3, -0.25) is 0 Å². The molecule has 1 aromatic carbocycles. The summed E-state index contributed by atoms with van der Waals surface area (Å²) >= 11 is 0. The first-order chi connectivity index (χ1) is 8.61. The summed E-state index contributed by atoms with van der Waals surface area (Å²) in [5.74, 6) is 0.776. The summed E-state index contributed by atoms with van der Waals surface area (Å²) in [6.45, 7) is 1.89. The Morgan fingerprint density at radius 3 is 2.78 bits per heavy atom. The summed E-state index contributed by atoms with van der Waals surface area (Å²) in [6.07, 6.45) is 4.32. The van der Waals surface area contributed by atoms with E-state index in [1.165, 1.54) is 0 Å². The number of halogens is 1. The third kappa shape index (κ3) is 2.59. The molecule has 0 aliphatic carbocycles. The number of aryl methyl sites for hydroxylation is 2. The summed E-state index contributed by atoms with van der Waals surface area (Å²) in [6, 6.07) is 5.28. The van der Waals surface area contributed by atoms with Crippen molar-refractivity contribution < 1.29 is 4.39 Å². The molecule has 0 saturated heterocycles. The minimum absolute atomic E-state index is 0.0632. The maximum atomic E-state index is 13.9. The maximum Gasteiger partial charge on any atom is 0.128 e. The fourth-order valence-corrected chi connectivity index (χ4v) is 2.06. The first kappa shape index (κ1) is 12.8. The number of hydrogen-bond donors (Lipinski definition) is 1. The minimum Gasteiger partial charge on any atom is -0.338 e. The van der Waals surface area contributed by atoms with Crippen LogP contribution >= 0.6 is 0 Å². The lowest BCUT2D eigenvalue weighted by Gasteiger charge is -2.17. The smallest absolute Gasteiger partial charge is 0.128 e. The standard InChI is InChI=1S/C14H18FN3/c1-10-4-5-11(12(15)8-10)13(16-2)9-14-17-6-7-18(14)3/h4-8,13,16H,9H2,1-3H3. The zero-order chi connectivity index (χ0) is 13.1. The average molecular weight is 247 g/mol. The van der Waals surface area contributed by atoms with Gasteiger partial charge >= 0.3 is 0 Å². The van der Waals surface area contributed by atoms with E-state index in [0.717, 1.165) is 11.4 Å². The van der Waals surface area contributed by atoms with Gasteiger partial charge in [0.15, 0.2) is 0 Å². The number of aromatic nitrogens is 2. The van der Waals surface area contributed by atoms with Crippen LogP contribution in [0, 0.1) is 12.7 Å². The Morgan fingerprint density at radius 2 is 2.22 bits per heavy atom. The molecule has 96 valence electrons. The Balaban J connectivity index is 2.26. The van der Waals surface area contributed by atoms with Gasteiger partial charge in [-0.1, -0.05) is 12.1 Å². The summed E-state index contributed by atoms with van der Waals surface area (Å²) in [5.41, 5.74) is 1.62. The van der Waals surface area contributed by atoms with Gasteiger partial charge in [0.25, 0.3) is 0 Å². The molecule has 3 nitrogen and oxygen atoms in total. The van der Waals surface area contributed by atoms with Crippen LogP contribution in [0.2, 0.25) is 0 Å². The van der Waals surface area contributed by atoms with Crippen LogP contribution in [0.25, 0.3) is 0 Å². The van der Waals surface area contributed by atoms with Gasteiger partial charge in [-0.25, -0.2) is 9.37 Å². The number of rotatable bonds is 4. The molecule has 0 radical (unpaired) electrons. The maximum absolute atomic E-state index is 13.9. The first-order valence-corrected chi connectivity index (χ1v) is 6.01. The third-order valence-corrected chi connectivity index (χ3v) is 3.19. The molecule has 0 fully saturated rings. The second-order valence-electron chi connectivity index (χ2n) is 4.52. The van der Waals surface area contributed by atoms with Gasteiger partial charge in [0.2, 0.25) is 0 Å². The summed E-state index contributed by atoms with van der Waals surface area (Å²) in [5, 5.41) is 3.15. The Labute approximate surface area is 107 Å². The molecular weight excluding hydrogens is 229 g/mol. The Bertz CT molecular complexity index is 534. The molecule has 2 aromatic rings. The van der Waals surface area contributed by atoms with Crippen molar-refractivity contribution in [2.75, 3.05) is 7.05 Å². The van der Waals surface area contributed by atoms with E-state index >= 15 is 0 Å². The monoisotopic (exact) mass is 247 g/mol. The SMILES string of the molecule is CNC(Cc1nccn1C)c1ccc(C)cc1F. The van der Waals surface area contributed by atoms with Crippen molar-refractivity contribution in [1.82, 2.24) is 14.9 Å². The summed E-state index contributed by atoms with van der Waals surface area (Å²) < 4.78 is 15.9. The van der Waals surface area contributed by atoms with Crippen molar-refractivity contribution >= 4 is 0 Å². The predicted molar refractivity (Wildman–Crippen MR) is 69.8 cm³/mol. The van der Waals surface area contributed by atoms with E-state index in [-0.39, 0.29) is 11.9 Å². The van der Waals surface area contributed by atoms with Crippen molar-refractivity contribution in [3.63, 3.8) is 0 Å². The van der Waals surface area contributed by atoms with Gasteiger partial charge in [0.05, 0.1) is 0 Å². The molecule has 1 heterocycles. The van der Waals surface area contributed by atoms with Crippen molar-refractivity contribution in [3.8, 4) is 0 Å². The largest absolute Gasteiger partial charge is 0.338 e. The van der Waals surface area contributed by atoms with E-state index in [4.69, 9.17) is 0 Å². The Kier molecular flexibility index (Phi) is 3.77. The van der Waals surface area contributed by atoms with Gasteiger partial charge < -0.3 is 9.88 Å². The molecule has 0 amide bonds. The Morgan fingerprint density at radius 1 is 1.44 bits per heavy atom. The van der Waals surface area contributed by atoms with Crippen molar-refractivity contribution in [1.29, 1.82) is 0 Å². The topological polar surface area (TPSA) is 29.9 Å². The van der Waals surface area contributed by atoms with Gasteiger partial charge in [-0.2, -0.15) is 0 Å². The zero-order valence-corrected chi connectivity index (χ0v) is 10.9. The highest BCUT2D eigenvalue weighted by Gasteiger charge is 2.16. The summed E-state index contributed by atoms with van der Waals surface area (Å²) in [4.78, 5) is 4.28. The Hall–Kier alpha value is -1.68. The van der Waals surface area contributed by atoms with E-state index in [1.807, 2.05) is 43.9 Å². The lowest BCUT2D eigenvalue weighted by Crippen LogP contribution is -2.21. The molecule has 4 heteroatoms. The fraction of sp³-hybridized carbons (Fsp3) is 0.357. The molecule has 0 bridgehead atoms. The van der Waals surface area contributed by atoms with Gasteiger partial charge in [-0.15, -0.1) is 0 Å². The fourth-order valence-electron chi connectivity index (χ4n) is 2.06. The number of likely N-dealkylation sites (N-methyl/N-ethyl adjacent to an activating group) is 1. The van der Waals surface area contributed by atoms with Crippen LogP contribution in [0.4, 0.5) is 4.39 Å². The molecule has 18 heavy (non-hydrogen) atoms. The first-order valence-electron chi connectivity index (χ1n) is 6.01. The van der Waals surface area contributed by atoms with Crippen LogP contribution in [-0.2, 0) is 13.5 Å². The highest BCUT2D eigenvalue weighted by Crippen LogP contribution is 2.21. The van der Waals surface area contributed by atoms with Crippen LogP contribution < -0.4 is 5.32 Å². The lowest BCUT2D eigenvalue weighted by atomic mass is 10.0. The average Bonchev–Trinajstić information content (AvgIpc) is 2.73.